The molecule has 0 saturated heterocycles. The number of fused-ring (bicyclic) bond motifs is 3. The van der Waals surface area contributed by atoms with Crippen LogP contribution in [0.3, 0.4) is 0 Å². The van der Waals surface area contributed by atoms with Gasteiger partial charge in [0.2, 0.25) is 0 Å². The fourth-order valence-corrected chi connectivity index (χ4v) is 5.08. The molecule has 2 aromatic carbocycles. The third-order valence-corrected chi connectivity index (χ3v) is 7.27. The first-order valence-electron chi connectivity index (χ1n) is 12.2. The number of nitrogens with zero attached hydrogens (tertiary/aromatic N) is 6. The molecule has 2 N–H and O–H groups in total. The van der Waals surface area contributed by atoms with Crippen LogP contribution in [-0.2, 0) is 5.54 Å². The van der Waals surface area contributed by atoms with Gasteiger partial charge >= 0.3 is 5.82 Å². The molecule has 7 heteroatoms. The minimum atomic E-state index is -0.200. The molecule has 174 valence electrons. The van der Waals surface area contributed by atoms with Crippen molar-refractivity contribution in [2.45, 2.75) is 24.8 Å². The number of hydrogen-bond acceptors (Lipinski definition) is 5. The van der Waals surface area contributed by atoms with E-state index in [1.807, 2.05) is 47.4 Å². The summed E-state index contributed by atoms with van der Waals surface area (Å²) >= 11 is 0. The molecule has 0 bridgehead atoms. The highest BCUT2D eigenvalue weighted by molar-refractivity contribution is 5.93. The summed E-state index contributed by atoms with van der Waals surface area (Å²) in [6, 6.07) is 24.9. The van der Waals surface area contributed by atoms with E-state index in [4.69, 9.17) is 15.8 Å². The van der Waals surface area contributed by atoms with Crippen molar-refractivity contribution >= 4 is 16.6 Å². The van der Waals surface area contributed by atoms with Crippen LogP contribution in [0, 0.1) is 0 Å². The molecular formula is C29H24N7+. The molecule has 36 heavy (non-hydrogen) atoms. The van der Waals surface area contributed by atoms with E-state index < -0.39 is 0 Å². The molecule has 0 radical (unpaired) electrons. The molecule has 7 nitrogen and oxygen atoms in total. The van der Waals surface area contributed by atoms with Gasteiger partial charge in [-0.25, -0.2) is 0 Å². The molecule has 4 aromatic heterocycles. The molecule has 1 saturated carbocycles. The molecule has 0 atom stereocenters. The third kappa shape index (κ3) is 3.28. The van der Waals surface area contributed by atoms with Gasteiger partial charge in [0.1, 0.15) is 5.69 Å². The van der Waals surface area contributed by atoms with Gasteiger partial charge in [-0.2, -0.15) is 14.6 Å². The Labute approximate surface area is 207 Å². The highest BCUT2D eigenvalue weighted by Gasteiger charge is 2.34. The Kier molecular flexibility index (Phi) is 4.65. The maximum atomic E-state index is 6.58. The van der Waals surface area contributed by atoms with E-state index in [1.165, 1.54) is 12.0 Å². The van der Waals surface area contributed by atoms with E-state index in [9.17, 15) is 0 Å². The molecule has 6 aromatic rings. The normalized spacial score (nSPS) is 14.7. The van der Waals surface area contributed by atoms with Crippen LogP contribution < -0.4 is 10.1 Å². The second-order valence-corrected chi connectivity index (χ2v) is 9.46. The highest BCUT2D eigenvalue weighted by atomic mass is 15.4. The number of aromatic nitrogens is 6. The lowest BCUT2D eigenvalue weighted by atomic mass is 9.73. The number of rotatable bonds is 4. The fourth-order valence-electron chi connectivity index (χ4n) is 5.08. The number of benzene rings is 2. The summed E-state index contributed by atoms with van der Waals surface area (Å²) in [4.78, 5) is 4.80. The Morgan fingerprint density at radius 3 is 2.39 bits per heavy atom. The van der Waals surface area contributed by atoms with Gasteiger partial charge in [-0.05, 0) is 60.7 Å². The molecule has 1 aliphatic rings. The lowest BCUT2D eigenvalue weighted by Crippen LogP contribution is -2.43. The SMILES string of the molecule is NC1(c2ccc(-n3nc(-c4ccnnc4)[n+]4ccc5ncc(-c6ccccc6)cc5c34)cc2)CCC1. The molecule has 0 unspecified atom stereocenters. The van der Waals surface area contributed by atoms with Gasteiger partial charge in [-0.3, -0.25) is 4.98 Å². The van der Waals surface area contributed by atoms with Crippen LogP contribution in [0.15, 0.2) is 97.6 Å². The molecule has 0 aliphatic heterocycles. The predicted molar refractivity (Wildman–Crippen MR) is 138 cm³/mol. The largest absolute Gasteiger partial charge is 0.321 e. The average molecular weight is 471 g/mol. The molecule has 1 aliphatic carbocycles. The molecule has 1 fully saturated rings. The zero-order valence-electron chi connectivity index (χ0n) is 19.6. The van der Waals surface area contributed by atoms with Gasteiger partial charge in [0, 0.05) is 17.3 Å². The van der Waals surface area contributed by atoms with Crippen LogP contribution in [-0.4, -0.2) is 25.0 Å². The van der Waals surface area contributed by atoms with Crippen molar-refractivity contribution < 1.29 is 4.40 Å². The van der Waals surface area contributed by atoms with E-state index in [2.05, 4.69) is 57.1 Å². The lowest BCUT2D eigenvalue weighted by Gasteiger charge is -2.38. The van der Waals surface area contributed by atoms with E-state index in [1.54, 1.807) is 12.4 Å². The minimum Gasteiger partial charge on any atom is -0.321 e. The summed E-state index contributed by atoms with van der Waals surface area (Å²) in [6.07, 6.45) is 10.6. The molecule has 7 rings (SSSR count). The third-order valence-electron chi connectivity index (χ3n) is 7.27. The molecular weight excluding hydrogens is 446 g/mol. The quantitative estimate of drug-likeness (QED) is 0.380. The van der Waals surface area contributed by atoms with Crippen LogP contribution in [0.4, 0.5) is 0 Å². The Morgan fingerprint density at radius 1 is 0.833 bits per heavy atom. The summed E-state index contributed by atoms with van der Waals surface area (Å²) in [7, 11) is 0. The van der Waals surface area contributed by atoms with Gasteiger partial charge in [0.05, 0.1) is 40.2 Å². The first kappa shape index (κ1) is 20.8. The summed E-state index contributed by atoms with van der Waals surface area (Å²) in [6.45, 7) is 0. The first-order valence-corrected chi connectivity index (χ1v) is 12.2. The predicted octanol–water partition coefficient (Wildman–Crippen LogP) is 4.62. The van der Waals surface area contributed by atoms with Crippen molar-refractivity contribution in [3.05, 3.63) is 103 Å². The van der Waals surface area contributed by atoms with Gasteiger partial charge in [-0.1, -0.05) is 47.1 Å². The van der Waals surface area contributed by atoms with E-state index >= 15 is 0 Å². The monoisotopic (exact) mass is 470 g/mol. The van der Waals surface area contributed by atoms with Crippen molar-refractivity contribution in [3.8, 4) is 28.2 Å². The zero-order chi connectivity index (χ0) is 24.1. The minimum absolute atomic E-state index is 0.200. The Morgan fingerprint density at radius 2 is 1.67 bits per heavy atom. The van der Waals surface area contributed by atoms with Gasteiger partial charge in [0.15, 0.2) is 0 Å². The lowest BCUT2D eigenvalue weighted by molar-refractivity contribution is -0.498. The van der Waals surface area contributed by atoms with Crippen molar-refractivity contribution in [1.82, 2.24) is 25.0 Å². The summed E-state index contributed by atoms with van der Waals surface area (Å²) in [5, 5.41) is 14.1. The smallest absolute Gasteiger partial charge is 0.315 e. The Balaban J connectivity index is 1.48. The summed E-state index contributed by atoms with van der Waals surface area (Å²) in [5.41, 5.74) is 13.4. The van der Waals surface area contributed by atoms with Gasteiger partial charge < -0.3 is 5.73 Å². The van der Waals surface area contributed by atoms with E-state index in [0.717, 1.165) is 57.6 Å². The van der Waals surface area contributed by atoms with Crippen LogP contribution in [0.5, 0.6) is 0 Å². The average Bonchev–Trinajstić information content (AvgIpc) is 3.33. The fraction of sp³-hybridized carbons (Fsp3) is 0.138. The van der Waals surface area contributed by atoms with Crippen LogP contribution in [0.2, 0.25) is 0 Å². The maximum absolute atomic E-state index is 6.58. The van der Waals surface area contributed by atoms with Crippen molar-refractivity contribution in [3.63, 3.8) is 0 Å². The zero-order valence-corrected chi connectivity index (χ0v) is 19.6. The molecule has 0 amide bonds. The number of pyridine rings is 2. The topological polar surface area (TPSA) is 86.6 Å². The maximum Gasteiger partial charge on any atom is 0.315 e. The van der Waals surface area contributed by atoms with E-state index in [0.29, 0.717) is 0 Å². The molecule has 0 spiro atoms. The van der Waals surface area contributed by atoms with Crippen molar-refractivity contribution in [2.75, 3.05) is 0 Å². The number of nitrogens with two attached hydrogens (primary N) is 1. The van der Waals surface area contributed by atoms with Crippen LogP contribution in [0.1, 0.15) is 24.8 Å². The van der Waals surface area contributed by atoms with Crippen molar-refractivity contribution in [2.24, 2.45) is 5.73 Å². The molecule has 4 heterocycles. The van der Waals surface area contributed by atoms with Crippen LogP contribution >= 0.6 is 0 Å². The second-order valence-electron chi connectivity index (χ2n) is 9.46. The van der Waals surface area contributed by atoms with Gasteiger partial charge in [-0.15, -0.1) is 0 Å². The Hall–Kier alpha value is -4.49. The Bertz CT molecular complexity index is 1700. The summed E-state index contributed by atoms with van der Waals surface area (Å²) in [5.74, 6) is 0.783. The highest BCUT2D eigenvalue weighted by Crippen LogP contribution is 2.39. The standard InChI is InChI=1S/C29H24N7/c30-29(13-4-14-29)23-7-9-24(10-8-23)36-28-25-17-22(20-5-2-1-3-6-20)18-31-26(25)12-16-35(28)27(34-36)21-11-15-32-33-19-21/h1-3,5-12,15-19H,4,13-14,30H2/q+1. The number of hydrogen-bond donors (Lipinski definition) is 1. The first-order chi connectivity index (χ1) is 17.7. The van der Waals surface area contributed by atoms with Crippen LogP contribution in [0.25, 0.3) is 44.8 Å². The second kappa shape index (κ2) is 8.03. The van der Waals surface area contributed by atoms with E-state index in [-0.39, 0.29) is 5.54 Å². The van der Waals surface area contributed by atoms with Gasteiger partial charge in [0.25, 0.3) is 5.65 Å². The van der Waals surface area contributed by atoms with Crippen molar-refractivity contribution in [1.29, 1.82) is 0 Å². The summed E-state index contributed by atoms with van der Waals surface area (Å²) < 4.78 is 4.09.